The molecule has 0 N–H and O–H groups in total. The summed E-state index contributed by atoms with van der Waals surface area (Å²) in [6.07, 6.45) is 6.65. The lowest BCUT2D eigenvalue weighted by Crippen LogP contribution is -2.04. The van der Waals surface area contributed by atoms with E-state index < -0.39 is 11.8 Å². The number of fused-ring (bicyclic) bond motifs is 2. The van der Waals surface area contributed by atoms with Gasteiger partial charge in [0.25, 0.3) is 0 Å². The molecule has 0 atom stereocenters. The molecule has 2 aromatic carbocycles. The molecule has 164 valence electrons. The van der Waals surface area contributed by atoms with E-state index in [4.69, 9.17) is 4.74 Å². The summed E-state index contributed by atoms with van der Waals surface area (Å²) in [5.74, 6) is -0.649. The van der Waals surface area contributed by atoms with E-state index in [1.807, 2.05) is 18.2 Å². The molecule has 4 aromatic rings. The molecule has 0 saturated heterocycles. The zero-order valence-electron chi connectivity index (χ0n) is 17.8. The number of aromatic nitrogens is 2. The second-order valence-electron chi connectivity index (χ2n) is 6.54. The van der Waals surface area contributed by atoms with Crippen molar-refractivity contribution in [2.75, 3.05) is 20.0 Å². The lowest BCUT2D eigenvalue weighted by atomic mass is 10.1. The Morgan fingerprint density at radius 1 is 0.844 bits per heavy atom. The van der Waals surface area contributed by atoms with Gasteiger partial charge in [-0.1, -0.05) is 6.92 Å². The van der Waals surface area contributed by atoms with Gasteiger partial charge in [0.05, 0.1) is 25.3 Å². The minimum Gasteiger partial charge on any atom is -0.465 e. The van der Waals surface area contributed by atoms with Crippen LogP contribution in [0.15, 0.2) is 66.1 Å². The summed E-state index contributed by atoms with van der Waals surface area (Å²) in [4.78, 5) is 31.8. The molecule has 0 amide bonds. The third kappa shape index (κ3) is 5.20. The van der Waals surface area contributed by atoms with E-state index in [9.17, 15) is 14.0 Å². The number of methoxy groups -OCH3 is 2. The van der Waals surface area contributed by atoms with Gasteiger partial charge < -0.3 is 9.47 Å². The van der Waals surface area contributed by atoms with E-state index in [1.165, 1.54) is 26.4 Å². The van der Waals surface area contributed by atoms with Crippen LogP contribution in [-0.4, -0.2) is 41.9 Å². The number of benzene rings is 2. The normalized spacial score (nSPS) is 10.4. The minimum atomic E-state index is -0.675. The Kier molecular flexibility index (Phi) is 7.72. The lowest BCUT2D eigenvalue weighted by molar-refractivity contribution is 0.0587. The van der Waals surface area contributed by atoms with Crippen molar-refractivity contribution in [1.82, 2.24) is 9.97 Å². The van der Waals surface area contributed by atoms with Crippen molar-refractivity contribution in [3.05, 3.63) is 78.1 Å². The highest BCUT2D eigenvalue weighted by Gasteiger charge is 2.14. The molecule has 0 radical (unpaired) electrons. The maximum Gasteiger partial charge on any atom is 0.340 e. The van der Waals surface area contributed by atoms with Crippen LogP contribution in [0.25, 0.3) is 21.5 Å². The SMILES string of the molecule is CCSc1cc2cnccc2cc1C(=O)OC.COC(=O)c1cc2ccncc2cc1F. The Hall–Kier alpha value is -3.52. The lowest BCUT2D eigenvalue weighted by Gasteiger charge is -2.08. The fraction of sp³-hybridized carbons (Fsp3) is 0.167. The van der Waals surface area contributed by atoms with Crippen molar-refractivity contribution >= 4 is 45.2 Å². The van der Waals surface area contributed by atoms with Gasteiger partial charge in [0.15, 0.2) is 0 Å². The fourth-order valence-electron chi connectivity index (χ4n) is 3.03. The summed E-state index contributed by atoms with van der Waals surface area (Å²) in [7, 11) is 2.62. The van der Waals surface area contributed by atoms with Crippen LogP contribution in [0.5, 0.6) is 0 Å². The molecule has 32 heavy (non-hydrogen) atoms. The van der Waals surface area contributed by atoms with Crippen molar-refractivity contribution in [2.45, 2.75) is 11.8 Å². The van der Waals surface area contributed by atoms with Crippen LogP contribution in [0.2, 0.25) is 0 Å². The molecule has 0 spiro atoms. The van der Waals surface area contributed by atoms with Crippen LogP contribution in [0, 0.1) is 5.82 Å². The van der Waals surface area contributed by atoms with E-state index in [1.54, 1.807) is 42.6 Å². The second kappa shape index (κ2) is 10.7. The number of ether oxygens (including phenoxy) is 2. The maximum atomic E-state index is 13.4. The molecule has 0 bridgehead atoms. The van der Waals surface area contributed by atoms with E-state index in [2.05, 4.69) is 21.6 Å². The number of thioether (sulfide) groups is 1. The third-order valence-corrected chi connectivity index (χ3v) is 5.51. The first kappa shape index (κ1) is 23.1. The zero-order valence-corrected chi connectivity index (χ0v) is 18.6. The van der Waals surface area contributed by atoms with Crippen LogP contribution in [0.3, 0.4) is 0 Å². The third-order valence-electron chi connectivity index (χ3n) is 4.58. The van der Waals surface area contributed by atoms with E-state index in [-0.39, 0.29) is 11.5 Å². The van der Waals surface area contributed by atoms with Gasteiger partial charge in [0.1, 0.15) is 5.82 Å². The van der Waals surface area contributed by atoms with Crippen LogP contribution in [-0.2, 0) is 9.47 Å². The monoisotopic (exact) mass is 452 g/mol. The summed E-state index contributed by atoms with van der Waals surface area (Å²) < 4.78 is 22.7. The Morgan fingerprint density at radius 2 is 1.38 bits per heavy atom. The molecular weight excluding hydrogens is 431 g/mol. The van der Waals surface area contributed by atoms with Gasteiger partial charge in [-0.15, -0.1) is 11.8 Å². The Bertz CT molecular complexity index is 1280. The summed E-state index contributed by atoms with van der Waals surface area (Å²) in [6.45, 7) is 2.05. The zero-order chi connectivity index (χ0) is 23.1. The van der Waals surface area contributed by atoms with Crippen molar-refractivity contribution in [1.29, 1.82) is 0 Å². The molecule has 0 saturated carbocycles. The van der Waals surface area contributed by atoms with Gasteiger partial charge in [0, 0.05) is 40.5 Å². The predicted octanol–water partition coefficient (Wildman–Crippen LogP) is 5.29. The number of hydrogen-bond acceptors (Lipinski definition) is 7. The average molecular weight is 453 g/mol. The standard InChI is InChI=1S/C13H13NO2S.C11H8FNO2/c1-3-17-12-7-10-8-14-5-4-9(10)6-11(12)13(15)16-2;1-15-11(14)9-4-7-2-3-13-6-8(7)5-10(9)12/h4-8H,3H2,1-2H3;2-6H,1H3. The Labute approximate surface area is 188 Å². The molecular formula is C24H21FN2O4S. The quantitative estimate of drug-likeness (QED) is 0.307. The maximum absolute atomic E-state index is 13.4. The van der Waals surface area contributed by atoms with Gasteiger partial charge in [-0.25, -0.2) is 14.0 Å². The summed E-state index contributed by atoms with van der Waals surface area (Å²) in [5.41, 5.74) is 0.564. The van der Waals surface area contributed by atoms with Gasteiger partial charge in [-0.3, -0.25) is 9.97 Å². The topological polar surface area (TPSA) is 78.4 Å². The highest BCUT2D eigenvalue weighted by Crippen LogP contribution is 2.28. The van der Waals surface area contributed by atoms with Crippen LogP contribution >= 0.6 is 11.8 Å². The van der Waals surface area contributed by atoms with Crippen molar-refractivity contribution in [3.8, 4) is 0 Å². The van der Waals surface area contributed by atoms with Gasteiger partial charge in [-0.05, 0) is 52.9 Å². The Morgan fingerprint density at radius 3 is 1.94 bits per heavy atom. The summed E-state index contributed by atoms with van der Waals surface area (Å²) >= 11 is 1.63. The highest BCUT2D eigenvalue weighted by atomic mass is 32.2. The first-order chi connectivity index (χ1) is 15.5. The Balaban J connectivity index is 0.000000182. The molecule has 6 nitrogen and oxygen atoms in total. The van der Waals surface area contributed by atoms with Crippen LogP contribution < -0.4 is 0 Å². The number of esters is 2. The van der Waals surface area contributed by atoms with Crippen LogP contribution in [0.1, 0.15) is 27.6 Å². The number of halogens is 1. The van der Waals surface area contributed by atoms with Crippen molar-refractivity contribution in [3.63, 3.8) is 0 Å². The summed E-state index contributed by atoms with van der Waals surface area (Å²) in [5, 5.41) is 3.45. The van der Waals surface area contributed by atoms with Crippen molar-refractivity contribution < 1.29 is 23.5 Å². The van der Waals surface area contributed by atoms with Gasteiger partial charge in [-0.2, -0.15) is 0 Å². The first-order valence-electron chi connectivity index (χ1n) is 9.69. The number of hydrogen-bond donors (Lipinski definition) is 0. The fourth-order valence-corrected chi connectivity index (χ4v) is 3.85. The van der Waals surface area contributed by atoms with E-state index in [0.29, 0.717) is 10.9 Å². The summed E-state index contributed by atoms with van der Waals surface area (Å²) in [6, 6.07) is 10.2. The predicted molar refractivity (Wildman–Crippen MR) is 123 cm³/mol. The number of carbonyl (C=O) groups is 2. The van der Waals surface area contributed by atoms with E-state index >= 15 is 0 Å². The molecule has 0 aliphatic heterocycles. The molecule has 2 aromatic heterocycles. The van der Waals surface area contributed by atoms with Gasteiger partial charge >= 0.3 is 11.9 Å². The smallest absolute Gasteiger partial charge is 0.340 e. The largest absolute Gasteiger partial charge is 0.465 e. The number of pyridine rings is 2. The number of carbonyl (C=O) groups excluding carboxylic acids is 2. The first-order valence-corrected chi connectivity index (χ1v) is 10.7. The van der Waals surface area contributed by atoms with Gasteiger partial charge in [0.2, 0.25) is 0 Å². The second-order valence-corrected chi connectivity index (χ2v) is 7.85. The molecule has 0 aliphatic rings. The van der Waals surface area contributed by atoms with Crippen molar-refractivity contribution in [2.24, 2.45) is 0 Å². The van der Waals surface area contributed by atoms with Crippen LogP contribution in [0.4, 0.5) is 4.39 Å². The molecule has 0 fully saturated rings. The molecule has 2 heterocycles. The molecule has 4 rings (SSSR count). The average Bonchev–Trinajstić information content (AvgIpc) is 2.82. The molecule has 8 heteroatoms. The van der Waals surface area contributed by atoms with E-state index in [0.717, 1.165) is 26.8 Å². The number of nitrogens with zero attached hydrogens (tertiary/aromatic N) is 2. The molecule has 0 aliphatic carbocycles. The minimum absolute atomic E-state index is 0.0591. The number of rotatable bonds is 4. The highest BCUT2D eigenvalue weighted by molar-refractivity contribution is 7.99. The molecule has 0 unspecified atom stereocenters.